The molecule has 4 nitrogen and oxygen atoms in total. The highest BCUT2D eigenvalue weighted by Crippen LogP contribution is 2.05. The molecule has 0 bridgehead atoms. The zero-order valence-electron chi connectivity index (χ0n) is 7.44. The molecule has 0 spiro atoms. The van der Waals surface area contributed by atoms with Crippen LogP contribution in [0.5, 0.6) is 0 Å². The van der Waals surface area contributed by atoms with Gasteiger partial charge in [-0.1, -0.05) is 0 Å². The molecular weight excluding hydrogens is 170 g/mol. The number of unbranched alkanes of at least 4 members (excludes halogenated alkanes) is 2. The van der Waals surface area contributed by atoms with E-state index < -0.39 is 18.1 Å². The summed E-state index contributed by atoms with van der Waals surface area (Å²) in [5, 5.41) is 17.7. The van der Waals surface area contributed by atoms with Gasteiger partial charge < -0.3 is 15.9 Å². The summed E-state index contributed by atoms with van der Waals surface area (Å²) in [6.07, 6.45) is 6.57. The molecule has 2 unspecified atom stereocenters. The Bertz CT molecular complexity index is 198. The van der Waals surface area contributed by atoms with E-state index in [2.05, 4.69) is 5.92 Å². The van der Waals surface area contributed by atoms with Crippen LogP contribution >= 0.6 is 0 Å². The van der Waals surface area contributed by atoms with E-state index in [0.29, 0.717) is 19.3 Å². The van der Waals surface area contributed by atoms with Crippen molar-refractivity contribution in [2.24, 2.45) is 5.73 Å². The van der Waals surface area contributed by atoms with Gasteiger partial charge >= 0.3 is 5.97 Å². The average Bonchev–Trinajstić information content (AvgIpc) is 2.10. The lowest BCUT2D eigenvalue weighted by Gasteiger charge is -2.13. The Morgan fingerprint density at radius 1 is 1.54 bits per heavy atom. The number of nitrogens with two attached hydrogens (primary N) is 1. The molecule has 0 aliphatic rings. The topological polar surface area (TPSA) is 83.5 Å². The van der Waals surface area contributed by atoms with Crippen molar-refractivity contribution in [2.45, 2.75) is 37.8 Å². The van der Waals surface area contributed by atoms with Crippen molar-refractivity contribution in [2.75, 3.05) is 0 Å². The van der Waals surface area contributed by atoms with Crippen LogP contribution in [0.1, 0.15) is 25.7 Å². The minimum absolute atomic E-state index is 0.384. The third-order valence-electron chi connectivity index (χ3n) is 1.77. The molecule has 0 amide bonds. The highest BCUT2D eigenvalue weighted by atomic mass is 16.4. The lowest BCUT2D eigenvalue weighted by molar-refractivity contribution is -0.141. The minimum atomic E-state index is -1.19. The van der Waals surface area contributed by atoms with Gasteiger partial charge in [-0.15, -0.1) is 12.3 Å². The smallest absolute Gasteiger partial charge is 0.323 e. The van der Waals surface area contributed by atoms with Gasteiger partial charge in [0.15, 0.2) is 0 Å². The fourth-order valence-electron chi connectivity index (χ4n) is 0.925. The summed E-state index contributed by atoms with van der Waals surface area (Å²) in [6, 6.07) is -1.19. The van der Waals surface area contributed by atoms with Gasteiger partial charge in [-0.25, -0.2) is 0 Å². The number of carboxylic acid groups (broad SMARTS) is 1. The molecule has 4 N–H and O–H groups in total. The predicted molar refractivity (Wildman–Crippen MR) is 48.9 cm³/mol. The average molecular weight is 185 g/mol. The van der Waals surface area contributed by atoms with Crippen molar-refractivity contribution in [3.05, 3.63) is 0 Å². The molecule has 0 saturated carbocycles. The van der Waals surface area contributed by atoms with Crippen molar-refractivity contribution < 1.29 is 15.0 Å². The monoisotopic (exact) mass is 185 g/mol. The maximum atomic E-state index is 10.3. The Balaban J connectivity index is 3.57. The number of carbonyl (C=O) groups is 1. The first-order chi connectivity index (χ1) is 6.09. The van der Waals surface area contributed by atoms with E-state index in [1.54, 1.807) is 0 Å². The molecule has 4 heteroatoms. The predicted octanol–water partition coefficient (Wildman–Crippen LogP) is -0.0472. The summed E-state index contributed by atoms with van der Waals surface area (Å²) < 4.78 is 0. The Morgan fingerprint density at radius 3 is 2.62 bits per heavy atom. The number of hydrogen-bond acceptors (Lipinski definition) is 3. The van der Waals surface area contributed by atoms with Gasteiger partial charge in [0, 0.05) is 6.42 Å². The van der Waals surface area contributed by atoms with Crippen molar-refractivity contribution >= 4 is 5.97 Å². The Morgan fingerprint density at radius 2 is 2.15 bits per heavy atom. The number of aliphatic hydroxyl groups is 1. The number of aliphatic hydroxyl groups excluding tert-OH is 1. The van der Waals surface area contributed by atoms with Gasteiger partial charge in [0.2, 0.25) is 0 Å². The van der Waals surface area contributed by atoms with E-state index in [1.165, 1.54) is 0 Å². The van der Waals surface area contributed by atoms with Crippen LogP contribution in [0.15, 0.2) is 0 Å². The second-order valence-corrected chi connectivity index (χ2v) is 2.88. The zero-order valence-corrected chi connectivity index (χ0v) is 7.44. The van der Waals surface area contributed by atoms with Crippen LogP contribution in [0.2, 0.25) is 0 Å². The van der Waals surface area contributed by atoms with Crippen LogP contribution in [-0.4, -0.2) is 28.3 Å². The molecule has 0 heterocycles. The van der Waals surface area contributed by atoms with Crippen molar-refractivity contribution in [1.29, 1.82) is 0 Å². The number of hydrogen-bond donors (Lipinski definition) is 3. The molecule has 0 radical (unpaired) electrons. The second-order valence-electron chi connectivity index (χ2n) is 2.88. The molecule has 13 heavy (non-hydrogen) atoms. The van der Waals surface area contributed by atoms with Gasteiger partial charge in [0.1, 0.15) is 6.04 Å². The molecule has 0 aromatic carbocycles. The molecule has 0 rings (SSSR count). The Labute approximate surface area is 77.7 Å². The third-order valence-corrected chi connectivity index (χ3v) is 1.77. The van der Waals surface area contributed by atoms with Crippen LogP contribution in [0.3, 0.4) is 0 Å². The fourth-order valence-corrected chi connectivity index (χ4v) is 0.925. The summed E-state index contributed by atoms with van der Waals surface area (Å²) in [6.45, 7) is 0. The molecule has 0 aliphatic carbocycles. The Hall–Kier alpha value is -1.05. The molecule has 0 saturated heterocycles. The first-order valence-corrected chi connectivity index (χ1v) is 4.19. The maximum absolute atomic E-state index is 10.3. The molecule has 74 valence electrons. The maximum Gasteiger partial charge on any atom is 0.323 e. The van der Waals surface area contributed by atoms with E-state index in [1.807, 2.05) is 0 Å². The van der Waals surface area contributed by atoms with Crippen LogP contribution in [0, 0.1) is 12.3 Å². The van der Waals surface area contributed by atoms with Crippen molar-refractivity contribution in [1.82, 2.24) is 0 Å². The van der Waals surface area contributed by atoms with Crippen LogP contribution in [0.25, 0.3) is 0 Å². The van der Waals surface area contributed by atoms with Gasteiger partial charge in [0.05, 0.1) is 6.10 Å². The van der Waals surface area contributed by atoms with E-state index in [-0.39, 0.29) is 0 Å². The van der Waals surface area contributed by atoms with Crippen molar-refractivity contribution in [3.63, 3.8) is 0 Å². The first-order valence-electron chi connectivity index (χ1n) is 4.19. The minimum Gasteiger partial charge on any atom is -0.480 e. The summed E-state index contributed by atoms with van der Waals surface area (Å²) in [4.78, 5) is 10.3. The quantitative estimate of drug-likeness (QED) is 0.400. The molecule has 0 aromatic heterocycles. The van der Waals surface area contributed by atoms with Crippen LogP contribution in [0.4, 0.5) is 0 Å². The SMILES string of the molecule is C#CCCCCC(O)C(N)C(=O)O. The standard InChI is InChI=1S/C9H15NO3/c1-2-3-4-5-6-7(11)8(10)9(12)13/h1,7-8,11H,3-6,10H2,(H,12,13). The molecule has 2 atom stereocenters. The fraction of sp³-hybridized carbons (Fsp3) is 0.667. The number of terminal acetylenes is 1. The number of rotatable bonds is 6. The Kier molecular flexibility index (Phi) is 5.94. The summed E-state index contributed by atoms with van der Waals surface area (Å²) in [5.74, 6) is 1.29. The molecule has 0 fully saturated rings. The van der Waals surface area contributed by atoms with E-state index in [4.69, 9.17) is 17.3 Å². The van der Waals surface area contributed by atoms with Crippen molar-refractivity contribution in [3.8, 4) is 12.3 Å². The highest BCUT2D eigenvalue weighted by molar-refractivity contribution is 5.73. The normalized spacial score (nSPS) is 14.5. The second kappa shape index (κ2) is 6.46. The van der Waals surface area contributed by atoms with E-state index in [0.717, 1.165) is 6.42 Å². The van der Waals surface area contributed by atoms with Crippen LogP contribution < -0.4 is 5.73 Å². The molecular formula is C9H15NO3. The van der Waals surface area contributed by atoms with E-state index in [9.17, 15) is 9.90 Å². The largest absolute Gasteiger partial charge is 0.480 e. The summed E-state index contributed by atoms with van der Waals surface area (Å²) in [5.41, 5.74) is 5.18. The number of aliphatic carboxylic acids is 1. The highest BCUT2D eigenvalue weighted by Gasteiger charge is 2.20. The lowest BCUT2D eigenvalue weighted by Crippen LogP contribution is -2.41. The van der Waals surface area contributed by atoms with Gasteiger partial charge in [-0.3, -0.25) is 4.79 Å². The number of carboxylic acids is 1. The van der Waals surface area contributed by atoms with Gasteiger partial charge in [-0.2, -0.15) is 0 Å². The van der Waals surface area contributed by atoms with Gasteiger partial charge in [-0.05, 0) is 19.3 Å². The van der Waals surface area contributed by atoms with Crippen LogP contribution in [-0.2, 0) is 4.79 Å². The third kappa shape index (κ3) is 5.23. The van der Waals surface area contributed by atoms with E-state index >= 15 is 0 Å². The summed E-state index contributed by atoms with van der Waals surface area (Å²) >= 11 is 0. The molecule has 0 aliphatic heterocycles. The molecule has 0 aromatic rings. The van der Waals surface area contributed by atoms with Gasteiger partial charge in [0.25, 0.3) is 0 Å². The first kappa shape index (κ1) is 11.9. The lowest BCUT2D eigenvalue weighted by atomic mass is 10.0. The summed E-state index contributed by atoms with van der Waals surface area (Å²) in [7, 11) is 0. The zero-order chi connectivity index (χ0) is 10.3.